The molecule has 0 heterocycles. The largest absolute Gasteiger partial charge is 0.392 e. The van der Waals surface area contributed by atoms with E-state index in [4.69, 9.17) is 0 Å². The van der Waals surface area contributed by atoms with E-state index in [1.54, 1.807) is 0 Å². The van der Waals surface area contributed by atoms with Gasteiger partial charge in [-0.3, -0.25) is 0 Å². The molecule has 1 N–H and O–H groups in total. The molecule has 0 aromatic heterocycles. The average molecular weight is 192 g/mol. The van der Waals surface area contributed by atoms with Gasteiger partial charge in [0.05, 0.1) is 11.5 Å². The number of aliphatic hydroxyl groups excluding tert-OH is 1. The summed E-state index contributed by atoms with van der Waals surface area (Å²) in [6, 6.07) is 0. The van der Waals surface area contributed by atoms with E-state index in [9.17, 15) is 13.9 Å². The van der Waals surface area contributed by atoms with Gasteiger partial charge in [-0.25, -0.2) is 8.78 Å². The lowest BCUT2D eigenvalue weighted by atomic mass is 9.76. The van der Waals surface area contributed by atoms with Gasteiger partial charge in [0.15, 0.2) is 0 Å². The molecule has 0 amide bonds. The summed E-state index contributed by atoms with van der Waals surface area (Å²) in [5, 5.41) is 9.86. The van der Waals surface area contributed by atoms with Crippen molar-refractivity contribution in [1.82, 2.24) is 0 Å². The second-order valence-electron chi connectivity index (χ2n) is 4.78. The number of aliphatic hydroxyl groups is 1. The highest BCUT2D eigenvalue weighted by molar-refractivity contribution is 5.05. The van der Waals surface area contributed by atoms with Crippen LogP contribution >= 0.6 is 0 Å². The van der Waals surface area contributed by atoms with Crippen LogP contribution in [0.5, 0.6) is 0 Å². The van der Waals surface area contributed by atoms with Gasteiger partial charge in [-0.2, -0.15) is 0 Å². The van der Waals surface area contributed by atoms with Crippen molar-refractivity contribution in [2.24, 2.45) is 10.8 Å². The lowest BCUT2D eigenvalue weighted by molar-refractivity contribution is -0.0807. The first-order chi connectivity index (χ1) is 5.87. The Kier molecular flexibility index (Phi) is 2.68. The SMILES string of the molecule is CCC(C)(C)C(O)C1(C(F)F)CC1. The maximum atomic E-state index is 12.6. The van der Waals surface area contributed by atoms with Gasteiger partial charge in [-0.05, 0) is 24.7 Å². The van der Waals surface area contributed by atoms with Gasteiger partial charge >= 0.3 is 0 Å². The quantitative estimate of drug-likeness (QED) is 0.726. The molecule has 1 aliphatic carbocycles. The van der Waals surface area contributed by atoms with Crippen LogP contribution in [0.4, 0.5) is 8.78 Å². The van der Waals surface area contributed by atoms with Crippen molar-refractivity contribution in [1.29, 1.82) is 0 Å². The molecule has 1 rings (SSSR count). The van der Waals surface area contributed by atoms with Crippen molar-refractivity contribution in [3.8, 4) is 0 Å². The number of rotatable bonds is 4. The van der Waals surface area contributed by atoms with E-state index >= 15 is 0 Å². The van der Waals surface area contributed by atoms with E-state index < -0.39 is 23.4 Å². The smallest absolute Gasteiger partial charge is 0.246 e. The van der Waals surface area contributed by atoms with Crippen LogP contribution in [-0.4, -0.2) is 17.6 Å². The molecular weight excluding hydrogens is 174 g/mol. The van der Waals surface area contributed by atoms with Crippen LogP contribution in [0.3, 0.4) is 0 Å². The summed E-state index contributed by atoms with van der Waals surface area (Å²) in [7, 11) is 0. The van der Waals surface area contributed by atoms with E-state index in [0.29, 0.717) is 12.8 Å². The number of hydrogen-bond acceptors (Lipinski definition) is 1. The maximum absolute atomic E-state index is 12.6. The minimum Gasteiger partial charge on any atom is -0.392 e. The fourth-order valence-electron chi connectivity index (χ4n) is 1.73. The van der Waals surface area contributed by atoms with E-state index in [2.05, 4.69) is 0 Å². The Hall–Kier alpha value is -0.180. The van der Waals surface area contributed by atoms with Crippen molar-refractivity contribution in [2.75, 3.05) is 0 Å². The van der Waals surface area contributed by atoms with Gasteiger partial charge in [-0.15, -0.1) is 0 Å². The highest BCUT2D eigenvalue weighted by Gasteiger charge is 2.59. The van der Waals surface area contributed by atoms with E-state index in [-0.39, 0.29) is 0 Å². The Bertz CT molecular complexity index is 185. The highest BCUT2D eigenvalue weighted by Crippen LogP contribution is 2.57. The normalized spacial score (nSPS) is 23.3. The van der Waals surface area contributed by atoms with Gasteiger partial charge in [0.1, 0.15) is 0 Å². The molecule has 0 radical (unpaired) electrons. The van der Waals surface area contributed by atoms with Crippen LogP contribution < -0.4 is 0 Å². The molecule has 1 fully saturated rings. The molecule has 1 atom stereocenters. The van der Waals surface area contributed by atoms with Crippen molar-refractivity contribution in [3.63, 3.8) is 0 Å². The minimum atomic E-state index is -2.38. The molecule has 0 saturated heterocycles. The average Bonchev–Trinajstić information content (AvgIpc) is 2.83. The van der Waals surface area contributed by atoms with Crippen molar-refractivity contribution < 1.29 is 13.9 Å². The maximum Gasteiger partial charge on any atom is 0.246 e. The Labute approximate surface area is 78.1 Å². The van der Waals surface area contributed by atoms with Gasteiger partial charge in [-0.1, -0.05) is 20.8 Å². The van der Waals surface area contributed by atoms with E-state index in [0.717, 1.165) is 6.42 Å². The van der Waals surface area contributed by atoms with E-state index in [1.807, 2.05) is 20.8 Å². The van der Waals surface area contributed by atoms with Crippen LogP contribution in [0.2, 0.25) is 0 Å². The summed E-state index contributed by atoms with van der Waals surface area (Å²) in [6.07, 6.45) is -1.59. The molecule has 1 unspecified atom stereocenters. The van der Waals surface area contributed by atoms with Crippen molar-refractivity contribution in [3.05, 3.63) is 0 Å². The van der Waals surface area contributed by atoms with E-state index in [1.165, 1.54) is 0 Å². The minimum absolute atomic E-state index is 0.396. The molecular formula is C10H18F2O. The van der Waals surface area contributed by atoms with Crippen LogP contribution in [-0.2, 0) is 0 Å². The number of hydrogen-bond donors (Lipinski definition) is 1. The van der Waals surface area contributed by atoms with Crippen LogP contribution in [0.25, 0.3) is 0 Å². The second kappa shape index (κ2) is 3.19. The van der Waals surface area contributed by atoms with Crippen LogP contribution in [0.15, 0.2) is 0 Å². The number of alkyl halides is 2. The number of halogens is 2. The molecule has 0 spiro atoms. The summed E-state index contributed by atoms with van der Waals surface area (Å²) in [6.45, 7) is 5.62. The first-order valence-electron chi connectivity index (χ1n) is 4.83. The Morgan fingerprint density at radius 3 is 2.08 bits per heavy atom. The summed E-state index contributed by atoms with van der Waals surface area (Å²) >= 11 is 0. The molecule has 1 saturated carbocycles. The Morgan fingerprint density at radius 2 is 1.85 bits per heavy atom. The van der Waals surface area contributed by atoms with Crippen molar-refractivity contribution >= 4 is 0 Å². The van der Waals surface area contributed by atoms with Gasteiger partial charge in [0.2, 0.25) is 6.43 Å². The third-order valence-electron chi connectivity index (χ3n) is 3.46. The van der Waals surface area contributed by atoms with Gasteiger partial charge < -0.3 is 5.11 Å². The monoisotopic (exact) mass is 192 g/mol. The summed E-state index contributed by atoms with van der Waals surface area (Å²) in [4.78, 5) is 0. The summed E-state index contributed by atoms with van der Waals surface area (Å²) in [5.41, 5.74) is -1.48. The standard InChI is InChI=1S/C10H18F2O/c1-4-9(2,3)7(13)10(5-6-10)8(11)12/h7-8,13H,4-6H2,1-3H3. The zero-order chi connectivity index (χ0) is 10.3. The fraction of sp³-hybridized carbons (Fsp3) is 1.00. The highest BCUT2D eigenvalue weighted by atomic mass is 19.3. The second-order valence-corrected chi connectivity index (χ2v) is 4.78. The molecule has 78 valence electrons. The Balaban J connectivity index is 2.72. The molecule has 0 aromatic carbocycles. The third kappa shape index (κ3) is 1.71. The van der Waals surface area contributed by atoms with Gasteiger partial charge in [0.25, 0.3) is 0 Å². The molecule has 1 nitrogen and oxygen atoms in total. The third-order valence-corrected chi connectivity index (χ3v) is 3.46. The molecule has 0 bridgehead atoms. The fourth-order valence-corrected chi connectivity index (χ4v) is 1.73. The first kappa shape index (κ1) is 10.9. The molecule has 1 aliphatic rings. The Morgan fingerprint density at radius 1 is 1.38 bits per heavy atom. The molecule has 13 heavy (non-hydrogen) atoms. The summed E-state index contributed by atoms with van der Waals surface area (Å²) in [5.74, 6) is 0. The predicted molar refractivity (Wildman–Crippen MR) is 47.7 cm³/mol. The lowest BCUT2D eigenvalue weighted by Gasteiger charge is -2.35. The van der Waals surface area contributed by atoms with Crippen LogP contribution in [0, 0.1) is 10.8 Å². The molecule has 0 aromatic rings. The molecule has 3 heteroatoms. The predicted octanol–water partition coefficient (Wildman–Crippen LogP) is 2.83. The molecule has 0 aliphatic heterocycles. The topological polar surface area (TPSA) is 20.2 Å². The summed E-state index contributed by atoms with van der Waals surface area (Å²) < 4.78 is 25.3. The lowest BCUT2D eigenvalue weighted by Crippen LogP contribution is -2.40. The van der Waals surface area contributed by atoms with Crippen molar-refractivity contribution in [2.45, 2.75) is 52.6 Å². The van der Waals surface area contributed by atoms with Crippen LogP contribution in [0.1, 0.15) is 40.0 Å². The first-order valence-corrected chi connectivity index (χ1v) is 4.83. The zero-order valence-electron chi connectivity index (χ0n) is 8.48. The van der Waals surface area contributed by atoms with Gasteiger partial charge in [0, 0.05) is 0 Å². The zero-order valence-corrected chi connectivity index (χ0v) is 8.48.